The number of carbonyl (C=O) groups is 3. The summed E-state index contributed by atoms with van der Waals surface area (Å²) in [4.78, 5) is 44.5. The second-order valence-electron chi connectivity index (χ2n) is 8.27. The molecule has 7 nitrogen and oxygen atoms in total. The first-order valence-electron chi connectivity index (χ1n) is 10.9. The van der Waals surface area contributed by atoms with Crippen LogP contribution in [0.15, 0.2) is 47.6 Å². The van der Waals surface area contributed by atoms with E-state index in [1.165, 1.54) is 35.4 Å². The molecule has 34 heavy (non-hydrogen) atoms. The van der Waals surface area contributed by atoms with Gasteiger partial charge in [-0.3, -0.25) is 14.6 Å². The van der Waals surface area contributed by atoms with E-state index in [9.17, 15) is 27.6 Å². The number of hydrogen-bond donors (Lipinski definition) is 1. The molecule has 2 aliphatic rings. The molecule has 1 N–H and O–H groups in total. The van der Waals surface area contributed by atoms with Crippen LogP contribution in [-0.2, 0) is 16.1 Å². The molecule has 2 fully saturated rings. The minimum absolute atomic E-state index is 0.0395. The fourth-order valence-corrected chi connectivity index (χ4v) is 4.74. The first kappa shape index (κ1) is 24.1. The Morgan fingerprint density at radius 1 is 1.09 bits per heavy atom. The Morgan fingerprint density at radius 2 is 1.79 bits per heavy atom. The number of urea groups is 1. The molecule has 2 heterocycles. The molecule has 180 valence electrons. The van der Waals surface area contributed by atoms with Crippen molar-refractivity contribution in [2.24, 2.45) is 5.92 Å². The SMILES string of the molecule is O=C(Nc1cnccc1CN1CC(=O)N(c2ccc(SC(F)(F)F)cc2)C1=O)C1CCCCC1. The first-order chi connectivity index (χ1) is 16.2. The van der Waals surface area contributed by atoms with Gasteiger partial charge in [0.1, 0.15) is 6.54 Å². The van der Waals surface area contributed by atoms with Gasteiger partial charge in [-0.25, -0.2) is 9.69 Å². The Bertz CT molecular complexity index is 1070. The number of halogens is 3. The maximum Gasteiger partial charge on any atom is 0.446 e. The minimum atomic E-state index is -4.42. The number of pyridine rings is 1. The van der Waals surface area contributed by atoms with Crippen LogP contribution in [0, 0.1) is 5.92 Å². The van der Waals surface area contributed by atoms with Crippen LogP contribution in [0.3, 0.4) is 0 Å². The third-order valence-corrected chi connectivity index (χ3v) is 6.61. The third-order valence-electron chi connectivity index (χ3n) is 5.87. The number of amides is 4. The van der Waals surface area contributed by atoms with Crippen molar-refractivity contribution in [2.75, 3.05) is 16.8 Å². The van der Waals surface area contributed by atoms with E-state index in [1.807, 2.05) is 0 Å². The number of carbonyl (C=O) groups excluding carboxylic acids is 3. The lowest BCUT2D eigenvalue weighted by atomic mass is 9.88. The summed E-state index contributed by atoms with van der Waals surface area (Å²) >= 11 is -0.267. The highest BCUT2D eigenvalue weighted by Crippen LogP contribution is 2.37. The van der Waals surface area contributed by atoms with E-state index < -0.39 is 17.4 Å². The van der Waals surface area contributed by atoms with Crippen molar-refractivity contribution >= 4 is 41.0 Å². The van der Waals surface area contributed by atoms with Crippen LogP contribution in [0.25, 0.3) is 0 Å². The topological polar surface area (TPSA) is 82.6 Å². The molecule has 2 aromatic rings. The number of nitrogens with one attached hydrogen (secondary N) is 1. The number of hydrogen-bond acceptors (Lipinski definition) is 5. The summed E-state index contributed by atoms with van der Waals surface area (Å²) in [5.41, 5.74) is -3.10. The molecule has 0 atom stereocenters. The molecular weight excluding hydrogens is 469 g/mol. The van der Waals surface area contributed by atoms with Gasteiger partial charge in [0.15, 0.2) is 0 Å². The maximum absolute atomic E-state index is 13.0. The molecule has 0 spiro atoms. The monoisotopic (exact) mass is 492 g/mol. The summed E-state index contributed by atoms with van der Waals surface area (Å²) in [6, 6.07) is 6.17. The van der Waals surface area contributed by atoms with Gasteiger partial charge in [-0.2, -0.15) is 13.2 Å². The second-order valence-corrected chi connectivity index (χ2v) is 9.40. The Morgan fingerprint density at radius 3 is 2.47 bits per heavy atom. The van der Waals surface area contributed by atoms with Crippen molar-refractivity contribution < 1.29 is 27.6 Å². The molecule has 0 unspecified atom stereocenters. The number of alkyl halides is 3. The van der Waals surface area contributed by atoms with E-state index in [2.05, 4.69) is 10.3 Å². The first-order valence-corrected chi connectivity index (χ1v) is 11.7. The third kappa shape index (κ3) is 5.69. The van der Waals surface area contributed by atoms with E-state index in [-0.39, 0.29) is 47.3 Å². The van der Waals surface area contributed by atoms with Crippen molar-refractivity contribution in [3.05, 3.63) is 48.3 Å². The Balaban J connectivity index is 1.45. The van der Waals surface area contributed by atoms with Gasteiger partial charge >= 0.3 is 11.5 Å². The predicted octanol–water partition coefficient (Wildman–Crippen LogP) is 5.18. The lowest BCUT2D eigenvalue weighted by Crippen LogP contribution is -2.33. The van der Waals surface area contributed by atoms with Crippen LogP contribution in [-0.4, -0.2) is 39.8 Å². The zero-order valence-corrected chi connectivity index (χ0v) is 19.0. The average molecular weight is 493 g/mol. The Labute approximate surface area is 198 Å². The highest BCUT2D eigenvalue weighted by Gasteiger charge is 2.37. The largest absolute Gasteiger partial charge is 0.446 e. The lowest BCUT2D eigenvalue weighted by molar-refractivity contribution is -0.120. The van der Waals surface area contributed by atoms with Crippen LogP contribution in [0.1, 0.15) is 37.7 Å². The number of nitrogens with zero attached hydrogens (tertiary/aromatic N) is 3. The van der Waals surface area contributed by atoms with Crippen molar-refractivity contribution in [2.45, 2.75) is 49.1 Å². The Hall–Kier alpha value is -3.08. The predicted molar refractivity (Wildman–Crippen MR) is 121 cm³/mol. The molecule has 1 aliphatic carbocycles. The summed E-state index contributed by atoms with van der Waals surface area (Å²) < 4.78 is 37.6. The fraction of sp³-hybridized carbons (Fsp3) is 0.391. The number of aromatic nitrogens is 1. The van der Waals surface area contributed by atoms with Crippen molar-refractivity contribution in [3.63, 3.8) is 0 Å². The van der Waals surface area contributed by atoms with E-state index >= 15 is 0 Å². The zero-order chi connectivity index (χ0) is 24.3. The summed E-state index contributed by atoms with van der Waals surface area (Å²) in [7, 11) is 0. The lowest BCUT2D eigenvalue weighted by Gasteiger charge is -2.22. The molecule has 1 aliphatic heterocycles. The highest BCUT2D eigenvalue weighted by molar-refractivity contribution is 8.00. The van der Waals surface area contributed by atoms with Crippen LogP contribution in [0.2, 0.25) is 0 Å². The van der Waals surface area contributed by atoms with Crippen LogP contribution in [0.5, 0.6) is 0 Å². The fourth-order valence-electron chi connectivity index (χ4n) is 4.20. The summed E-state index contributed by atoms with van der Waals surface area (Å²) in [5, 5.41) is 2.92. The van der Waals surface area contributed by atoms with Crippen molar-refractivity contribution in [1.82, 2.24) is 9.88 Å². The molecular formula is C23H23F3N4O3S. The average Bonchev–Trinajstić information content (AvgIpc) is 3.08. The number of anilines is 2. The smallest absolute Gasteiger partial charge is 0.324 e. The number of imide groups is 1. The van der Waals surface area contributed by atoms with E-state index in [0.717, 1.165) is 37.0 Å². The number of thioether (sulfide) groups is 1. The maximum atomic E-state index is 13.0. The Kier molecular flexibility index (Phi) is 7.11. The quantitative estimate of drug-likeness (QED) is 0.444. The minimum Gasteiger partial charge on any atom is -0.324 e. The number of benzene rings is 1. The van der Waals surface area contributed by atoms with E-state index in [0.29, 0.717) is 11.3 Å². The normalized spacial score (nSPS) is 17.4. The van der Waals surface area contributed by atoms with Gasteiger partial charge in [-0.15, -0.1) is 0 Å². The van der Waals surface area contributed by atoms with Gasteiger partial charge < -0.3 is 10.2 Å². The van der Waals surface area contributed by atoms with Gasteiger partial charge in [0, 0.05) is 17.0 Å². The van der Waals surface area contributed by atoms with E-state index in [4.69, 9.17) is 0 Å². The van der Waals surface area contributed by atoms with Gasteiger partial charge in [-0.05, 0) is 60.5 Å². The molecule has 1 aromatic heterocycles. The highest BCUT2D eigenvalue weighted by atomic mass is 32.2. The summed E-state index contributed by atoms with van der Waals surface area (Å²) in [5.74, 6) is -0.606. The molecule has 11 heteroatoms. The van der Waals surface area contributed by atoms with Crippen LogP contribution in [0.4, 0.5) is 29.3 Å². The van der Waals surface area contributed by atoms with Crippen molar-refractivity contribution in [1.29, 1.82) is 0 Å². The van der Waals surface area contributed by atoms with Crippen LogP contribution >= 0.6 is 11.8 Å². The van der Waals surface area contributed by atoms with Gasteiger partial charge in [0.25, 0.3) is 5.91 Å². The van der Waals surface area contributed by atoms with E-state index in [1.54, 1.807) is 12.3 Å². The summed E-state index contributed by atoms with van der Waals surface area (Å²) in [6.07, 6.45) is 7.93. The molecule has 4 rings (SSSR count). The van der Waals surface area contributed by atoms with Gasteiger partial charge in [0.2, 0.25) is 5.91 Å². The summed E-state index contributed by atoms with van der Waals surface area (Å²) in [6.45, 7) is -0.109. The molecule has 1 saturated heterocycles. The molecule has 4 amide bonds. The zero-order valence-electron chi connectivity index (χ0n) is 18.2. The molecule has 1 saturated carbocycles. The van der Waals surface area contributed by atoms with Gasteiger partial charge in [-0.1, -0.05) is 19.3 Å². The second kappa shape index (κ2) is 10.0. The van der Waals surface area contributed by atoms with Gasteiger partial charge in [0.05, 0.1) is 24.1 Å². The van der Waals surface area contributed by atoms with Crippen LogP contribution < -0.4 is 10.2 Å². The molecule has 0 radical (unpaired) electrons. The molecule has 1 aromatic carbocycles. The standard InChI is InChI=1S/C23H23F3N4O3S/c24-23(25,26)34-18-8-6-17(7-9-18)30-20(31)14-29(22(30)33)13-16-10-11-27-12-19(16)28-21(32)15-4-2-1-3-5-15/h6-12,15H,1-5,13-14H2,(H,28,32). The number of rotatable bonds is 6. The van der Waals surface area contributed by atoms with Crippen molar-refractivity contribution in [3.8, 4) is 0 Å². The molecule has 0 bridgehead atoms.